The number of aromatic nitrogens is 1. The molecule has 0 aliphatic carbocycles. The molecule has 0 radical (unpaired) electrons. The number of carbonyl (C=O) groups excluding carboxylic acids is 1. The van der Waals surface area contributed by atoms with E-state index in [0.29, 0.717) is 32.8 Å². The lowest BCUT2D eigenvalue weighted by atomic mass is 10.1. The van der Waals surface area contributed by atoms with E-state index in [4.69, 9.17) is 20.9 Å². The number of aromatic hydroxyl groups is 2. The molecule has 1 aromatic carbocycles. The molecule has 0 bridgehead atoms. The molecule has 1 amide bonds. The minimum Gasteiger partial charge on any atom is -0.507 e. The van der Waals surface area contributed by atoms with Gasteiger partial charge in [-0.3, -0.25) is 9.69 Å². The third-order valence-corrected chi connectivity index (χ3v) is 4.53. The van der Waals surface area contributed by atoms with E-state index in [1.807, 2.05) is 0 Å². The number of carboxylic acid groups (broad SMARTS) is 1. The molecule has 2 aromatic rings. The molecule has 28 heavy (non-hydrogen) atoms. The minimum absolute atomic E-state index is 0.0220. The molecule has 0 saturated carbocycles. The Morgan fingerprint density at radius 3 is 2.61 bits per heavy atom. The van der Waals surface area contributed by atoms with Crippen molar-refractivity contribution in [2.24, 2.45) is 0 Å². The van der Waals surface area contributed by atoms with Crippen molar-refractivity contribution in [3.8, 4) is 22.8 Å². The first-order valence-electron chi connectivity index (χ1n) is 8.41. The van der Waals surface area contributed by atoms with Gasteiger partial charge in [0.25, 0.3) is 0 Å². The Morgan fingerprint density at radius 2 is 1.93 bits per heavy atom. The lowest BCUT2D eigenvalue weighted by molar-refractivity contribution is -0.116. The predicted octanol–water partition coefficient (Wildman–Crippen LogP) is 1.77. The van der Waals surface area contributed by atoms with Crippen LogP contribution in [0.2, 0.25) is 5.02 Å². The molecule has 1 aliphatic rings. The minimum atomic E-state index is -1.41. The maximum Gasteiger partial charge on any atom is 0.360 e. The SMILES string of the molecule is O=C(CCN1CCOCC1)Nc1c(C(=O)O)noc1-c1cc(Cl)c(O)cc1O. The second-order valence-corrected chi connectivity index (χ2v) is 6.52. The van der Waals surface area contributed by atoms with Gasteiger partial charge >= 0.3 is 5.97 Å². The van der Waals surface area contributed by atoms with E-state index in [-0.39, 0.29) is 34.2 Å². The number of phenolic OH excluding ortho intramolecular Hbond substituents is 2. The van der Waals surface area contributed by atoms with Gasteiger partial charge in [-0.2, -0.15) is 0 Å². The fourth-order valence-electron chi connectivity index (χ4n) is 2.75. The average Bonchev–Trinajstić information content (AvgIpc) is 3.07. The van der Waals surface area contributed by atoms with E-state index in [1.54, 1.807) is 0 Å². The third-order valence-electron chi connectivity index (χ3n) is 4.23. The Hall–Kier alpha value is -2.82. The van der Waals surface area contributed by atoms with Crippen LogP contribution in [0.3, 0.4) is 0 Å². The van der Waals surface area contributed by atoms with Gasteiger partial charge in [0.15, 0.2) is 5.76 Å². The number of morpholine rings is 1. The van der Waals surface area contributed by atoms with Crippen molar-refractivity contribution in [3.05, 3.63) is 22.8 Å². The van der Waals surface area contributed by atoms with E-state index in [1.165, 1.54) is 6.07 Å². The van der Waals surface area contributed by atoms with E-state index < -0.39 is 23.3 Å². The molecular weight excluding hydrogens is 394 g/mol. The van der Waals surface area contributed by atoms with Gasteiger partial charge in [-0.1, -0.05) is 16.8 Å². The van der Waals surface area contributed by atoms with Crippen LogP contribution in [0.5, 0.6) is 11.5 Å². The number of aromatic carboxylic acids is 1. The summed E-state index contributed by atoms with van der Waals surface area (Å²) in [7, 11) is 0. The van der Waals surface area contributed by atoms with Gasteiger partial charge < -0.3 is 29.9 Å². The first kappa shape index (κ1) is 19.9. The molecule has 1 aliphatic heterocycles. The summed E-state index contributed by atoms with van der Waals surface area (Å²) in [6.07, 6.45) is 0.117. The number of anilines is 1. The van der Waals surface area contributed by atoms with Gasteiger partial charge in [0, 0.05) is 32.1 Å². The van der Waals surface area contributed by atoms with Gasteiger partial charge in [-0.05, 0) is 6.07 Å². The largest absolute Gasteiger partial charge is 0.507 e. The number of nitrogens with one attached hydrogen (secondary N) is 1. The highest BCUT2D eigenvalue weighted by Crippen LogP contribution is 2.41. The van der Waals surface area contributed by atoms with Crippen LogP contribution in [-0.2, 0) is 9.53 Å². The highest BCUT2D eigenvalue weighted by molar-refractivity contribution is 6.32. The molecule has 4 N–H and O–H groups in total. The number of hydrogen-bond donors (Lipinski definition) is 4. The van der Waals surface area contributed by atoms with Crippen LogP contribution < -0.4 is 5.32 Å². The van der Waals surface area contributed by atoms with Crippen molar-refractivity contribution >= 4 is 29.2 Å². The number of benzene rings is 1. The summed E-state index contributed by atoms with van der Waals surface area (Å²) in [4.78, 5) is 25.8. The number of nitrogens with zero attached hydrogens (tertiary/aromatic N) is 2. The summed E-state index contributed by atoms with van der Waals surface area (Å²) in [6, 6.07) is 2.16. The van der Waals surface area contributed by atoms with E-state index in [9.17, 15) is 24.9 Å². The molecule has 150 valence electrons. The third kappa shape index (κ3) is 4.35. The normalized spacial score (nSPS) is 14.8. The van der Waals surface area contributed by atoms with Crippen LogP contribution in [0.25, 0.3) is 11.3 Å². The van der Waals surface area contributed by atoms with Crippen molar-refractivity contribution in [2.45, 2.75) is 6.42 Å². The maximum atomic E-state index is 12.4. The van der Waals surface area contributed by atoms with Gasteiger partial charge in [0.1, 0.15) is 17.2 Å². The highest BCUT2D eigenvalue weighted by atomic mass is 35.5. The highest BCUT2D eigenvalue weighted by Gasteiger charge is 2.27. The number of phenols is 2. The molecular formula is C17H18ClN3O7. The van der Waals surface area contributed by atoms with Crippen molar-refractivity contribution in [2.75, 3.05) is 38.2 Å². The zero-order valence-corrected chi connectivity index (χ0v) is 15.4. The van der Waals surface area contributed by atoms with Crippen LogP contribution in [0, 0.1) is 0 Å². The number of carboxylic acids is 1. The Balaban J connectivity index is 1.83. The summed E-state index contributed by atoms with van der Waals surface area (Å²) < 4.78 is 10.3. The second-order valence-electron chi connectivity index (χ2n) is 6.11. The summed E-state index contributed by atoms with van der Waals surface area (Å²) >= 11 is 5.86. The molecule has 1 aromatic heterocycles. The smallest absolute Gasteiger partial charge is 0.360 e. The zero-order chi connectivity index (χ0) is 20.3. The molecule has 0 unspecified atom stereocenters. The summed E-state index contributed by atoms with van der Waals surface area (Å²) in [5, 5.41) is 34.8. The molecule has 0 atom stereocenters. The summed E-state index contributed by atoms with van der Waals surface area (Å²) in [5.74, 6) is -2.82. The topological polar surface area (TPSA) is 145 Å². The number of ether oxygens (including phenoxy) is 1. The zero-order valence-electron chi connectivity index (χ0n) is 14.6. The van der Waals surface area contributed by atoms with Crippen LogP contribution >= 0.6 is 11.6 Å². The van der Waals surface area contributed by atoms with E-state index >= 15 is 0 Å². The lowest BCUT2D eigenvalue weighted by Gasteiger charge is -2.26. The van der Waals surface area contributed by atoms with Crippen molar-refractivity contribution in [3.63, 3.8) is 0 Å². The van der Waals surface area contributed by atoms with Gasteiger partial charge in [0.2, 0.25) is 11.6 Å². The van der Waals surface area contributed by atoms with Gasteiger partial charge in [-0.15, -0.1) is 0 Å². The Bertz CT molecular complexity index is 893. The average molecular weight is 412 g/mol. The van der Waals surface area contributed by atoms with Crippen LogP contribution in [-0.4, -0.2) is 70.1 Å². The van der Waals surface area contributed by atoms with Crippen molar-refractivity contribution in [1.29, 1.82) is 0 Å². The molecule has 2 heterocycles. The van der Waals surface area contributed by atoms with E-state index in [2.05, 4.69) is 15.4 Å². The molecule has 3 rings (SSSR count). The number of hydrogen-bond acceptors (Lipinski definition) is 8. The number of rotatable bonds is 6. The fourth-order valence-corrected chi connectivity index (χ4v) is 2.92. The monoisotopic (exact) mass is 411 g/mol. The van der Waals surface area contributed by atoms with Crippen molar-refractivity contribution in [1.82, 2.24) is 10.1 Å². The number of amides is 1. The van der Waals surface area contributed by atoms with Gasteiger partial charge in [-0.25, -0.2) is 4.79 Å². The van der Waals surface area contributed by atoms with Gasteiger partial charge in [0.05, 0.1) is 23.8 Å². The van der Waals surface area contributed by atoms with Crippen LogP contribution in [0.1, 0.15) is 16.9 Å². The molecule has 0 spiro atoms. The van der Waals surface area contributed by atoms with Crippen LogP contribution in [0.4, 0.5) is 5.69 Å². The van der Waals surface area contributed by atoms with Crippen molar-refractivity contribution < 1.29 is 34.2 Å². The summed E-state index contributed by atoms with van der Waals surface area (Å²) in [6.45, 7) is 3.11. The lowest BCUT2D eigenvalue weighted by Crippen LogP contribution is -2.38. The molecule has 11 heteroatoms. The fraction of sp³-hybridized carbons (Fsp3) is 0.353. The Kier molecular flexibility index (Phi) is 6.02. The first-order chi connectivity index (χ1) is 13.4. The first-order valence-corrected chi connectivity index (χ1v) is 8.79. The molecule has 10 nitrogen and oxygen atoms in total. The number of halogens is 1. The maximum absolute atomic E-state index is 12.4. The standard InChI is InChI=1S/C17H18ClN3O7/c18-10-7-9(11(22)8-12(10)23)16-14(15(17(25)26)20-28-16)19-13(24)1-2-21-3-5-27-6-4-21/h7-8,22-23H,1-6H2,(H,19,24)(H,25,26). The molecule has 1 fully saturated rings. The Morgan fingerprint density at radius 1 is 1.21 bits per heavy atom. The Labute approximate surface area is 164 Å². The van der Waals surface area contributed by atoms with Crippen LogP contribution in [0.15, 0.2) is 16.7 Å². The van der Waals surface area contributed by atoms with E-state index in [0.717, 1.165) is 6.07 Å². The predicted molar refractivity (Wildman–Crippen MR) is 97.7 cm³/mol. The molecule has 1 saturated heterocycles. The summed E-state index contributed by atoms with van der Waals surface area (Å²) in [5.41, 5.74) is -0.735. The quantitative estimate of drug-likeness (QED) is 0.558. The second kappa shape index (κ2) is 8.46. The number of carbonyl (C=O) groups is 2.